The van der Waals surface area contributed by atoms with Crippen LogP contribution in [0.25, 0.3) is 0 Å². The van der Waals surface area contributed by atoms with Crippen molar-refractivity contribution in [3.63, 3.8) is 0 Å². The molecule has 3 saturated carbocycles. The van der Waals surface area contributed by atoms with Gasteiger partial charge in [0.1, 0.15) is 0 Å². The summed E-state index contributed by atoms with van der Waals surface area (Å²) in [5, 5.41) is 0. The van der Waals surface area contributed by atoms with Crippen LogP contribution < -0.4 is 0 Å². The number of hydrogen-bond donors (Lipinski definition) is 0. The van der Waals surface area contributed by atoms with Crippen LogP contribution in [-0.2, 0) is 4.74 Å². The molecule has 176 valence electrons. The number of methoxy groups -OCH3 is 1. The van der Waals surface area contributed by atoms with Gasteiger partial charge in [-0.1, -0.05) is 65.3 Å². The minimum Gasteiger partial charge on any atom is -0.381 e. The van der Waals surface area contributed by atoms with Gasteiger partial charge >= 0.3 is 0 Å². The Balaban J connectivity index is 1.51. The average molecular weight is 427 g/mol. The summed E-state index contributed by atoms with van der Waals surface area (Å²) < 4.78 is 5.76. The lowest BCUT2D eigenvalue weighted by molar-refractivity contribution is -0.0572. The van der Waals surface area contributed by atoms with E-state index in [0.717, 1.165) is 41.4 Å². The lowest BCUT2D eigenvalue weighted by Crippen LogP contribution is -2.50. The second kappa shape index (κ2) is 9.00. The molecule has 0 heterocycles. The molecule has 1 nitrogen and oxygen atoms in total. The summed E-state index contributed by atoms with van der Waals surface area (Å²) in [6.07, 6.45) is 20.6. The second-order valence-electron chi connectivity index (χ2n) is 12.6. The van der Waals surface area contributed by atoms with Crippen molar-refractivity contribution < 1.29 is 4.74 Å². The van der Waals surface area contributed by atoms with E-state index in [-0.39, 0.29) is 0 Å². The Morgan fingerprint density at radius 1 is 1.03 bits per heavy atom. The minimum absolute atomic E-state index is 0.453. The van der Waals surface area contributed by atoms with Crippen LogP contribution in [0.5, 0.6) is 0 Å². The molecule has 4 aliphatic carbocycles. The highest BCUT2D eigenvalue weighted by Gasteiger charge is 2.59. The van der Waals surface area contributed by atoms with Crippen molar-refractivity contribution in [2.24, 2.45) is 52.3 Å². The summed E-state index contributed by atoms with van der Waals surface area (Å²) in [5.74, 6) is 5.88. The summed E-state index contributed by atoms with van der Waals surface area (Å²) >= 11 is 0. The first-order valence-corrected chi connectivity index (χ1v) is 13.6. The molecule has 0 saturated heterocycles. The molecule has 0 bridgehead atoms. The van der Waals surface area contributed by atoms with E-state index < -0.39 is 0 Å². The van der Waals surface area contributed by atoms with Crippen molar-refractivity contribution >= 4 is 0 Å². The molecule has 0 aromatic heterocycles. The molecule has 1 heteroatoms. The predicted molar refractivity (Wildman–Crippen MR) is 133 cm³/mol. The monoisotopic (exact) mass is 426 g/mol. The maximum absolute atomic E-state index is 5.76. The third kappa shape index (κ3) is 4.00. The Kier molecular flexibility index (Phi) is 6.85. The third-order valence-electron chi connectivity index (χ3n) is 11.1. The molecule has 31 heavy (non-hydrogen) atoms. The zero-order chi connectivity index (χ0) is 22.4. The molecule has 0 spiro atoms. The molecule has 0 aliphatic heterocycles. The normalized spacial score (nSPS) is 44.5. The molecule has 0 radical (unpaired) electrons. The fourth-order valence-corrected chi connectivity index (χ4v) is 9.01. The molecule has 0 aromatic rings. The van der Waals surface area contributed by atoms with Gasteiger partial charge in [0.15, 0.2) is 0 Å². The van der Waals surface area contributed by atoms with Crippen molar-refractivity contribution in [3.8, 4) is 0 Å². The highest BCUT2D eigenvalue weighted by Crippen LogP contribution is 2.67. The molecule has 4 aliphatic rings. The van der Waals surface area contributed by atoms with Gasteiger partial charge in [-0.3, -0.25) is 0 Å². The van der Waals surface area contributed by atoms with E-state index in [1.807, 2.05) is 7.11 Å². The number of fused-ring (bicyclic) bond motifs is 5. The van der Waals surface area contributed by atoms with E-state index in [0.29, 0.717) is 16.9 Å². The van der Waals surface area contributed by atoms with Gasteiger partial charge in [-0.25, -0.2) is 0 Å². The van der Waals surface area contributed by atoms with Gasteiger partial charge in [-0.15, -0.1) is 0 Å². The van der Waals surface area contributed by atoms with Crippen LogP contribution in [0.2, 0.25) is 0 Å². The van der Waals surface area contributed by atoms with Crippen molar-refractivity contribution in [2.75, 3.05) is 7.11 Å². The van der Waals surface area contributed by atoms with Gasteiger partial charge in [-0.2, -0.15) is 0 Å². The molecule has 2 unspecified atom stereocenters. The first-order valence-electron chi connectivity index (χ1n) is 13.6. The highest BCUT2D eigenvalue weighted by atomic mass is 16.5. The zero-order valence-corrected chi connectivity index (χ0v) is 21.6. The predicted octanol–water partition coefficient (Wildman–Crippen LogP) is 8.45. The second-order valence-corrected chi connectivity index (χ2v) is 12.6. The van der Waals surface area contributed by atoms with Gasteiger partial charge in [-0.05, 0) is 110 Å². The Morgan fingerprint density at radius 2 is 1.81 bits per heavy atom. The van der Waals surface area contributed by atoms with Crippen LogP contribution in [-0.4, -0.2) is 13.2 Å². The summed E-state index contributed by atoms with van der Waals surface area (Å²) in [6.45, 7) is 14.9. The highest BCUT2D eigenvalue weighted by molar-refractivity contribution is 5.25. The molecular formula is C30H50O. The van der Waals surface area contributed by atoms with Crippen molar-refractivity contribution in [1.82, 2.24) is 0 Å². The largest absolute Gasteiger partial charge is 0.381 e. The lowest BCUT2D eigenvalue weighted by atomic mass is 9.47. The Bertz CT molecular complexity index is 689. The number of allylic oxidation sites excluding steroid dienone is 3. The smallest absolute Gasteiger partial charge is 0.0608 e. The topological polar surface area (TPSA) is 9.23 Å². The maximum atomic E-state index is 5.76. The molecule has 0 aromatic carbocycles. The maximum Gasteiger partial charge on any atom is 0.0608 e. The van der Waals surface area contributed by atoms with Crippen molar-refractivity contribution in [3.05, 3.63) is 23.8 Å². The molecule has 0 amide bonds. The Hall–Kier alpha value is -0.560. The summed E-state index contributed by atoms with van der Waals surface area (Å²) in [6, 6.07) is 0. The summed E-state index contributed by atoms with van der Waals surface area (Å²) in [4.78, 5) is 0. The lowest BCUT2D eigenvalue weighted by Gasteiger charge is -2.58. The standard InChI is InChI=1S/C30H50O/c1-8-22(20(2)3)10-9-21(4)26-13-14-27-25-12-11-23-19-24(31-7)15-17-29(23,5)28(25)16-18-30(26,27)6/h9-11,20-22,24-28H,8,12-19H2,1-7H3/b10-9+/t21-,22-,24+,25+,26-,27?,28?,29+,30-/m1/s1. The number of rotatable bonds is 6. The van der Waals surface area contributed by atoms with Crippen LogP contribution >= 0.6 is 0 Å². The van der Waals surface area contributed by atoms with Crippen LogP contribution in [0.4, 0.5) is 0 Å². The first-order chi connectivity index (χ1) is 14.7. The first kappa shape index (κ1) is 23.6. The van der Waals surface area contributed by atoms with Gasteiger partial charge in [0, 0.05) is 7.11 Å². The van der Waals surface area contributed by atoms with Gasteiger partial charge in [0.25, 0.3) is 0 Å². The summed E-state index contributed by atoms with van der Waals surface area (Å²) in [5.41, 5.74) is 2.75. The Morgan fingerprint density at radius 3 is 2.48 bits per heavy atom. The van der Waals surface area contributed by atoms with E-state index in [4.69, 9.17) is 4.74 Å². The average Bonchev–Trinajstić information content (AvgIpc) is 3.10. The van der Waals surface area contributed by atoms with Crippen LogP contribution in [0.3, 0.4) is 0 Å². The third-order valence-corrected chi connectivity index (χ3v) is 11.1. The number of hydrogen-bond acceptors (Lipinski definition) is 1. The molecular weight excluding hydrogens is 376 g/mol. The van der Waals surface area contributed by atoms with Crippen LogP contribution in [0.15, 0.2) is 23.8 Å². The summed E-state index contributed by atoms with van der Waals surface area (Å²) in [7, 11) is 1.91. The zero-order valence-electron chi connectivity index (χ0n) is 21.6. The molecule has 3 fully saturated rings. The van der Waals surface area contributed by atoms with E-state index >= 15 is 0 Å². The van der Waals surface area contributed by atoms with E-state index in [2.05, 4.69) is 59.8 Å². The molecule has 4 rings (SSSR count). The van der Waals surface area contributed by atoms with Gasteiger partial charge in [0.05, 0.1) is 6.10 Å². The van der Waals surface area contributed by atoms with E-state index in [9.17, 15) is 0 Å². The van der Waals surface area contributed by atoms with Crippen molar-refractivity contribution in [2.45, 2.75) is 105 Å². The van der Waals surface area contributed by atoms with Crippen LogP contribution in [0, 0.1) is 52.3 Å². The fourth-order valence-electron chi connectivity index (χ4n) is 9.01. The minimum atomic E-state index is 0.453. The fraction of sp³-hybridized carbons (Fsp3) is 0.867. The van der Waals surface area contributed by atoms with Gasteiger partial charge in [0.2, 0.25) is 0 Å². The number of ether oxygens (including phenoxy) is 1. The molecule has 9 atom stereocenters. The quantitative estimate of drug-likeness (QED) is 0.387. The SMILES string of the molecule is CC[C@H](/C=C/[C@@H](C)[C@H]1CCC2[C@@H]3CC=C4C[C@@H](OC)CC[C@]4(C)C3CC[C@@]21C)C(C)C. The van der Waals surface area contributed by atoms with Gasteiger partial charge < -0.3 is 4.74 Å². The van der Waals surface area contributed by atoms with E-state index in [1.54, 1.807) is 5.57 Å². The molecule has 0 N–H and O–H groups in total. The van der Waals surface area contributed by atoms with Crippen molar-refractivity contribution in [1.29, 1.82) is 0 Å². The van der Waals surface area contributed by atoms with E-state index in [1.165, 1.54) is 57.8 Å². The van der Waals surface area contributed by atoms with Crippen LogP contribution in [0.1, 0.15) is 99.3 Å². The Labute approximate surface area is 193 Å².